The number of carbonyl (C=O) groups excluding carboxylic acids is 1. The van der Waals surface area contributed by atoms with Gasteiger partial charge in [-0.25, -0.2) is 4.39 Å². The van der Waals surface area contributed by atoms with E-state index in [9.17, 15) is 9.18 Å². The Balaban J connectivity index is 3.31. The molecule has 0 heterocycles. The largest absolute Gasteiger partial charge is 0.294 e. The molecule has 0 N–H and O–H groups in total. The van der Waals surface area contributed by atoms with Gasteiger partial charge in [-0.3, -0.25) is 4.79 Å². The highest BCUT2D eigenvalue weighted by atomic mass is 19.1. The molecule has 0 amide bonds. The van der Waals surface area contributed by atoms with Gasteiger partial charge in [0.05, 0.1) is 11.1 Å². The van der Waals surface area contributed by atoms with Crippen molar-refractivity contribution in [2.45, 2.75) is 13.8 Å². The Morgan fingerprint density at radius 1 is 1.46 bits per heavy atom. The van der Waals surface area contributed by atoms with Crippen molar-refractivity contribution in [3.63, 3.8) is 0 Å². The van der Waals surface area contributed by atoms with Gasteiger partial charge in [0.1, 0.15) is 5.82 Å². The minimum atomic E-state index is -0.524. The minimum Gasteiger partial charge on any atom is -0.294 e. The zero-order valence-electron chi connectivity index (χ0n) is 7.52. The first-order valence-electron chi connectivity index (χ1n) is 3.89. The molecule has 2 heteroatoms. The molecular weight excluding hydrogens is 167 g/mol. The van der Waals surface area contributed by atoms with Crippen LogP contribution < -0.4 is 0 Å². The third-order valence-corrected chi connectivity index (χ3v) is 1.64. The van der Waals surface area contributed by atoms with E-state index in [1.165, 1.54) is 13.0 Å². The van der Waals surface area contributed by atoms with Crippen molar-refractivity contribution < 1.29 is 9.18 Å². The number of hydrogen-bond donors (Lipinski definition) is 0. The van der Waals surface area contributed by atoms with Gasteiger partial charge >= 0.3 is 0 Å². The van der Waals surface area contributed by atoms with Crippen LogP contribution in [0.25, 0.3) is 0 Å². The van der Waals surface area contributed by atoms with Gasteiger partial charge < -0.3 is 0 Å². The van der Waals surface area contributed by atoms with Crippen molar-refractivity contribution in [1.82, 2.24) is 0 Å². The lowest BCUT2D eigenvalue weighted by molar-refractivity contribution is 0.101. The molecule has 0 aromatic heterocycles. The van der Waals surface area contributed by atoms with Gasteiger partial charge in [-0.15, -0.1) is 5.92 Å². The predicted octanol–water partition coefficient (Wildman–Crippen LogP) is 2.40. The Bertz CT molecular complexity index is 396. The normalized spacial score (nSPS) is 8.85. The topological polar surface area (TPSA) is 17.1 Å². The highest BCUT2D eigenvalue weighted by molar-refractivity contribution is 5.94. The average molecular weight is 176 g/mol. The standard InChI is InChI=1S/C11H9FO/c1-3-5-9-6-4-7-10(8(2)13)11(9)12/h4,6-7H,1-2H3. The van der Waals surface area contributed by atoms with Crippen LogP contribution in [-0.2, 0) is 0 Å². The molecule has 0 fully saturated rings. The quantitative estimate of drug-likeness (QED) is 0.474. The van der Waals surface area contributed by atoms with E-state index in [-0.39, 0.29) is 16.9 Å². The van der Waals surface area contributed by atoms with Gasteiger partial charge in [0.2, 0.25) is 0 Å². The molecule has 0 aliphatic carbocycles. The Morgan fingerprint density at radius 3 is 2.69 bits per heavy atom. The fourth-order valence-corrected chi connectivity index (χ4v) is 1.04. The summed E-state index contributed by atoms with van der Waals surface area (Å²) in [6.45, 7) is 2.96. The number of hydrogen-bond acceptors (Lipinski definition) is 1. The molecular formula is C11H9FO. The summed E-state index contributed by atoms with van der Waals surface area (Å²) >= 11 is 0. The number of rotatable bonds is 1. The Kier molecular flexibility index (Phi) is 2.81. The Hall–Kier alpha value is -1.62. The van der Waals surface area contributed by atoms with Crippen LogP contribution in [0.4, 0.5) is 4.39 Å². The lowest BCUT2D eigenvalue weighted by atomic mass is 10.1. The van der Waals surface area contributed by atoms with Gasteiger partial charge in [-0.1, -0.05) is 12.0 Å². The molecule has 0 aliphatic rings. The number of benzene rings is 1. The zero-order valence-corrected chi connectivity index (χ0v) is 7.52. The maximum Gasteiger partial charge on any atom is 0.162 e. The fraction of sp³-hybridized carbons (Fsp3) is 0.182. The average Bonchev–Trinajstić information content (AvgIpc) is 2.08. The second-order valence-corrected chi connectivity index (χ2v) is 2.60. The molecule has 0 unspecified atom stereocenters. The summed E-state index contributed by atoms with van der Waals surface area (Å²) < 4.78 is 13.4. The maximum atomic E-state index is 13.4. The van der Waals surface area contributed by atoms with Crippen LogP contribution in [0.15, 0.2) is 18.2 Å². The highest BCUT2D eigenvalue weighted by Crippen LogP contribution is 2.12. The highest BCUT2D eigenvalue weighted by Gasteiger charge is 2.09. The molecule has 1 aromatic carbocycles. The van der Waals surface area contributed by atoms with Crippen LogP contribution in [0.2, 0.25) is 0 Å². The minimum absolute atomic E-state index is 0.0975. The van der Waals surface area contributed by atoms with Crippen molar-refractivity contribution in [3.8, 4) is 11.8 Å². The second kappa shape index (κ2) is 3.86. The van der Waals surface area contributed by atoms with Gasteiger partial charge in [-0.05, 0) is 26.0 Å². The van der Waals surface area contributed by atoms with E-state index < -0.39 is 5.82 Å². The summed E-state index contributed by atoms with van der Waals surface area (Å²) in [4.78, 5) is 10.9. The molecule has 0 aliphatic heterocycles. The molecule has 0 bridgehead atoms. The van der Waals surface area contributed by atoms with E-state index in [1.54, 1.807) is 19.1 Å². The molecule has 13 heavy (non-hydrogen) atoms. The summed E-state index contributed by atoms with van der Waals surface area (Å²) in [5, 5.41) is 0. The fourth-order valence-electron chi connectivity index (χ4n) is 1.04. The first-order valence-corrected chi connectivity index (χ1v) is 3.89. The molecule has 0 radical (unpaired) electrons. The smallest absolute Gasteiger partial charge is 0.162 e. The van der Waals surface area contributed by atoms with Crippen LogP contribution in [0.1, 0.15) is 29.8 Å². The molecule has 1 nitrogen and oxygen atoms in total. The molecule has 0 atom stereocenters. The lowest BCUT2D eigenvalue weighted by Crippen LogP contribution is -1.98. The molecule has 0 spiro atoms. The number of Topliss-reactive ketones (excluding diaryl/α,β-unsaturated/α-hetero) is 1. The van der Waals surface area contributed by atoms with E-state index >= 15 is 0 Å². The summed E-state index contributed by atoms with van der Waals surface area (Å²) in [7, 11) is 0. The van der Waals surface area contributed by atoms with Crippen molar-refractivity contribution >= 4 is 5.78 Å². The van der Waals surface area contributed by atoms with E-state index in [0.717, 1.165) is 0 Å². The van der Waals surface area contributed by atoms with Crippen LogP contribution in [0.5, 0.6) is 0 Å². The third kappa shape index (κ3) is 1.94. The van der Waals surface area contributed by atoms with Crippen LogP contribution in [0, 0.1) is 17.7 Å². The number of halogens is 1. The van der Waals surface area contributed by atoms with Crippen LogP contribution in [0.3, 0.4) is 0 Å². The monoisotopic (exact) mass is 176 g/mol. The van der Waals surface area contributed by atoms with Crippen molar-refractivity contribution in [2.75, 3.05) is 0 Å². The first kappa shape index (κ1) is 9.47. The van der Waals surface area contributed by atoms with E-state index in [1.807, 2.05) is 0 Å². The molecule has 1 rings (SSSR count). The summed E-state index contributed by atoms with van der Waals surface area (Å²) in [5.74, 6) is 4.38. The van der Waals surface area contributed by atoms with Crippen molar-refractivity contribution in [1.29, 1.82) is 0 Å². The predicted molar refractivity (Wildman–Crippen MR) is 49.0 cm³/mol. The van der Waals surface area contributed by atoms with Crippen LogP contribution >= 0.6 is 0 Å². The zero-order chi connectivity index (χ0) is 9.84. The third-order valence-electron chi connectivity index (χ3n) is 1.64. The molecule has 0 saturated heterocycles. The van der Waals surface area contributed by atoms with Crippen LogP contribution in [-0.4, -0.2) is 5.78 Å². The van der Waals surface area contributed by atoms with Crippen molar-refractivity contribution in [2.24, 2.45) is 0 Å². The van der Waals surface area contributed by atoms with Gasteiger partial charge in [0.25, 0.3) is 0 Å². The first-order chi connectivity index (χ1) is 6.16. The van der Waals surface area contributed by atoms with Gasteiger partial charge in [0.15, 0.2) is 5.78 Å². The Labute approximate surface area is 76.6 Å². The summed E-state index contributed by atoms with van der Waals surface area (Å²) in [6, 6.07) is 4.64. The summed E-state index contributed by atoms with van der Waals surface area (Å²) in [5.41, 5.74) is 0.371. The molecule has 0 saturated carbocycles. The molecule has 1 aromatic rings. The van der Waals surface area contributed by atoms with E-state index in [0.29, 0.717) is 0 Å². The van der Waals surface area contributed by atoms with E-state index in [2.05, 4.69) is 11.8 Å². The van der Waals surface area contributed by atoms with Gasteiger partial charge in [0, 0.05) is 0 Å². The Morgan fingerprint density at radius 2 is 2.15 bits per heavy atom. The van der Waals surface area contributed by atoms with Gasteiger partial charge in [-0.2, -0.15) is 0 Å². The number of ketones is 1. The maximum absolute atomic E-state index is 13.4. The van der Waals surface area contributed by atoms with E-state index in [4.69, 9.17) is 0 Å². The molecule has 66 valence electrons. The number of carbonyl (C=O) groups is 1. The van der Waals surface area contributed by atoms with Crippen molar-refractivity contribution in [3.05, 3.63) is 35.1 Å². The SMILES string of the molecule is CC#Cc1cccc(C(C)=O)c1F. The lowest BCUT2D eigenvalue weighted by Gasteiger charge is -1.99. The second-order valence-electron chi connectivity index (χ2n) is 2.60. The summed E-state index contributed by atoms with van der Waals surface area (Å²) in [6.07, 6.45) is 0.